The van der Waals surface area contributed by atoms with Gasteiger partial charge in [-0.1, -0.05) is 23.3 Å². The summed E-state index contributed by atoms with van der Waals surface area (Å²) in [6.45, 7) is 3.70. The standard InChI is InChI=1S/C30H39N5O3S/c31-28-27-26(22-2-1-3-25(16-22)37-19-30-10-8-24(38-30)9-11-30)18-35(29(27)33-20-32-28)23-6-4-21(5-7-23)17-34-12-14-39(36)15-13-34/h1-3,16,18,20-21,23-24H,4-15,17,19H2,(H2,31,32,33)/t21-,23+,24?,30?. The van der Waals surface area contributed by atoms with Crippen molar-refractivity contribution in [2.75, 3.05) is 43.5 Å². The van der Waals surface area contributed by atoms with Crippen LogP contribution in [0.4, 0.5) is 5.82 Å². The highest BCUT2D eigenvalue weighted by Gasteiger charge is 2.46. The van der Waals surface area contributed by atoms with Crippen molar-refractivity contribution in [3.8, 4) is 16.9 Å². The third kappa shape index (κ3) is 5.14. The molecule has 7 rings (SSSR count). The summed E-state index contributed by atoms with van der Waals surface area (Å²) in [4.78, 5) is 11.6. The van der Waals surface area contributed by atoms with E-state index in [0.29, 0.717) is 30.5 Å². The van der Waals surface area contributed by atoms with Gasteiger partial charge in [0.05, 0.1) is 11.5 Å². The first-order valence-electron chi connectivity index (χ1n) is 14.6. The van der Waals surface area contributed by atoms with E-state index >= 15 is 0 Å². The van der Waals surface area contributed by atoms with Crippen LogP contribution in [0.15, 0.2) is 36.8 Å². The van der Waals surface area contributed by atoms with E-state index in [-0.39, 0.29) is 5.60 Å². The zero-order valence-corrected chi connectivity index (χ0v) is 23.4. The van der Waals surface area contributed by atoms with Gasteiger partial charge in [0.15, 0.2) is 0 Å². The molecule has 2 bridgehead atoms. The lowest BCUT2D eigenvalue weighted by Crippen LogP contribution is -2.43. The Morgan fingerprint density at radius 1 is 1.08 bits per heavy atom. The van der Waals surface area contributed by atoms with Crippen molar-refractivity contribution < 1.29 is 14.0 Å². The summed E-state index contributed by atoms with van der Waals surface area (Å²) < 4.78 is 26.6. The topological polar surface area (TPSA) is 101 Å². The Labute approximate surface area is 233 Å². The van der Waals surface area contributed by atoms with Crippen LogP contribution in [0.3, 0.4) is 0 Å². The number of nitrogens with zero attached hydrogens (tertiary/aromatic N) is 4. The fraction of sp³-hybridized carbons (Fsp3) is 0.600. The maximum atomic E-state index is 11.7. The summed E-state index contributed by atoms with van der Waals surface area (Å²) in [6, 6.07) is 8.72. The highest BCUT2D eigenvalue weighted by atomic mass is 32.2. The molecule has 39 heavy (non-hydrogen) atoms. The summed E-state index contributed by atoms with van der Waals surface area (Å²) in [5, 5.41) is 0.925. The molecule has 2 N–H and O–H groups in total. The lowest BCUT2D eigenvalue weighted by molar-refractivity contribution is -0.0198. The second-order valence-corrected chi connectivity index (χ2v) is 13.7. The molecular weight excluding hydrogens is 510 g/mol. The van der Waals surface area contributed by atoms with Crippen molar-refractivity contribution in [3.63, 3.8) is 0 Å². The van der Waals surface area contributed by atoms with Crippen molar-refractivity contribution >= 4 is 28.0 Å². The van der Waals surface area contributed by atoms with Gasteiger partial charge in [-0.15, -0.1) is 0 Å². The van der Waals surface area contributed by atoms with E-state index < -0.39 is 11.2 Å². The summed E-state index contributed by atoms with van der Waals surface area (Å²) in [5.41, 5.74) is 9.41. The summed E-state index contributed by atoms with van der Waals surface area (Å²) in [6.07, 6.45) is 13.4. The molecule has 4 fully saturated rings. The van der Waals surface area contributed by atoms with Crippen LogP contribution in [0.1, 0.15) is 57.4 Å². The Bertz CT molecular complexity index is 1310. The molecule has 1 saturated carbocycles. The maximum absolute atomic E-state index is 11.7. The van der Waals surface area contributed by atoms with Crippen LogP contribution in [0.25, 0.3) is 22.2 Å². The first-order chi connectivity index (χ1) is 19.1. The van der Waals surface area contributed by atoms with E-state index in [1.54, 1.807) is 6.33 Å². The number of benzene rings is 1. The predicted molar refractivity (Wildman–Crippen MR) is 154 cm³/mol. The molecule has 0 radical (unpaired) electrons. The third-order valence-electron chi connectivity index (χ3n) is 9.54. The normalized spacial score (nSPS) is 29.8. The molecule has 3 saturated heterocycles. The van der Waals surface area contributed by atoms with Crippen LogP contribution in [0, 0.1) is 5.92 Å². The average molecular weight is 550 g/mol. The molecule has 208 valence electrons. The van der Waals surface area contributed by atoms with Crippen LogP contribution < -0.4 is 10.5 Å². The summed E-state index contributed by atoms with van der Waals surface area (Å²) in [7, 11) is 0. The minimum atomic E-state index is -0.612. The van der Waals surface area contributed by atoms with Crippen LogP contribution in [0.5, 0.6) is 5.75 Å². The van der Waals surface area contributed by atoms with E-state index in [2.05, 4.69) is 38.8 Å². The number of anilines is 1. The first kappa shape index (κ1) is 25.6. The van der Waals surface area contributed by atoms with Gasteiger partial charge in [-0.3, -0.25) is 4.90 Å². The minimum Gasteiger partial charge on any atom is -0.616 e. The zero-order chi connectivity index (χ0) is 26.4. The Kier molecular flexibility index (Phi) is 6.95. The van der Waals surface area contributed by atoms with E-state index in [9.17, 15) is 4.55 Å². The van der Waals surface area contributed by atoms with E-state index in [1.165, 1.54) is 12.8 Å². The van der Waals surface area contributed by atoms with Crippen LogP contribution in [-0.4, -0.2) is 73.4 Å². The van der Waals surface area contributed by atoms with E-state index in [0.717, 1.165) is 97.6 Å². The quantitative estimate of drug-likeness (QED) is 0.431. The number of hydrogen-bond acceptors (Lipinski definition) is 7. The molecule has 0 spiro atoms. The van der Waals surface area contributed by atoms with Crippen molar-refractivity contribution in [1.29, 1.82) is 0 Å². The lowest BCUT2D eigenvalue weighted by atomic mass is 9.85. The van der Waals surface area contributed by atoms with Gasteiger partial charge in [-0.2, -0.15) is 0 Å². The molecule has 3 aromatic rings. The second kappa shape index (κ2) is 10.6. The Hall–Kier alpha value is -2.33. The van der Waals surface area contributed by atoms with Gasteiger partial charge in [0.25, 0.3) is 0 Å². The molecule has 4 aliphatic rings. The predicted octanol–water partition coefficient (Wildman–Crippen LogP) is 4.57. The number of aromatic nitrogens is 3. The van der Waals surface area contributed by atoms with Crippen LogP contribution in [0.2, 0.25) is 0 Å². The molecular formula is C30H39N5O3S. The van der Waals surface area contributed by atoms with Gasteiger partial charge in [-0.25, -0.2) is 9.97 Å². The van der Waals surface area contributed by atoms with E-state index in [4.69, 9.17) is 20.2 Å². The molecule has 8 nitrogen and oxygen atoms in total. The molecule has 0 atom stereocenters. The Morgan fingerprint density at radius 3 is 2.62 bits per heavy atom. The number of nitrogen functional groups attached to an aromatic ring is 1. The number of hydrogen-bond donors (Lipinski definition) is 1. The van der Waals surface area contributed by atoms with Gasteiger partial charge in [0, 0.05) is 37.4 Å². The number of rotatable bonds is 7. The SMILES string of the molecule is Nc1ncnc2c1c(-c1cccc(OCC34CCC(CC3)O4)c1)cn2[C@H]1CC[C@@H](CN2CC[S+]([O-])CC2)CC1. The van der Waals surface area contributed by atoms with Gasteiger partial charge in [-0.05, 0) is 75.0 Å². The van der Waals surface area contributed by atoms with Gasteiger partial charge < -0.3 is 24.3 Å². The summed E-state index contributed by atoms with van der Waals surface area (Å²) >= 11 is -0.612. The smallest absolute Gasteiger partial charge is 0.146 e. The van der Waals surface area contributed by atoms with Gasteiger partial charge >= 0.3 is 0 Å². The fourth-order valence-corrected chi connectivity index (χ4v) is 8.42. The Balaban J connectivity index is 1.08. The molecule has 2 aromatic heterocycles. The Morgan fingerprint density at radius 2 is 1.87 bits per heavy atom. The van der Waals surface area contributed by atoms with Gasteiger partial charge in [0.2, 0.25) is 0 Å². The lowest BCUT2D eigenvalue weighted by Gasteiger charge is -2.35. The van der Waals surface area contributed by atoms with Crippen molar-refractivity contribution in [2.24, 2.45) is 5.92 Å². The molecule has 1 aromatic carbocycles. The fourth-order valence-electron chi connectivity index (χ4n) is 7.29. The van der Waals surface area contributed by atoms with Crippen molar-refractivity contribution in [1.82, 2.24) is 19.4 Å². The molecule has 1 aliphatic carbocycles. The molecule has 9 heteroatoms. The monoisotopic (exact) mass is 549 g/mol. The third-order valence-corrected chi connectivity index (χ3v) is 10.8. The largest absolute Gasteiger partial charge is 0.616 e. The zero-order valence-electron chi connectivity index (χ0n) is 22.6. The highest BCUT2D eigenvalue weighted by molar-refractivity contribution is 7.91. The number of nitrogens with two attached hydrogens (primary N) is 1. The summed E-state index contributed by atoms with van der Waals surface area (Å²) in [5.74, 6) is 3.75. The molecule has 3 aliphatic heterocycles. The van der Waals surface area contributed by atoms with Crippen molar-refractivity contribution in [2.45, 2.75) is 69.1 Å². The molecule has 5 heterocycles. The number of ether oxygens (including phenoxy) is 2. The van der Waals surface area contributed by atoms with Gasteiger partial charge in [0.1, 0.15) is 47.3 Å². The van der Waals surface area contributed by atoms with Crippen LogP contribution >= 0.6 is 0 Å². The number of fused-ring (bicyclic) bond motifs is 3. The highest BCUT2D eigenvalue weighted by Crippen LogP contribution is 2.44. The van der Waals surface area contributed by atoms with E-state index in [1.807, 2.05) is 6.07 Å². The molecule has 0 unspecified atom stereocenters. The first-order valence-corrected chi connectivity index (χ1v) is 16.1. The minimum absolute atomic E-state index is 0.0966. The second-order valence-electron chi connectivity index (χ2n) is 12.0. The van der Waals surface area contributed by atoms with Crippen LogP contribution in [-0.2, 0) is 15.9 Å². The maximum Gasteiger partial charge on any atom is 0.146 e. The molecule has 0 amide bonds. The average Bonchev–Trinajstić information content (AvgIpc) is 3.68. The van der Waals surface area contributed by atoms with Crippen molar-refractivity contribution in [3.05, 3.63) is 36.8 Å².